The first-order chi connectivity index (χ1) is 9.99. The van der Waals surface area contributed by atoms with Gasteiger partial charge in [-0.3, -0.25) is 4.79 Å². The second-order valence-corrected chi connectivity index (χ2v) is 5.68. The molecular weight excluding hydrogens is 268 g/mol. The highest BCUT2D eigenvalue weighted by molar-refractivity contribution is 5.90. The van der Waals surface area contributed by atoms with Crippen LogP contribution in [-0.4, -0.2) is 34.5 Å². The van der Waals surface area contributed by atoms with Gasteiger partial charge in [0.05, 0.1) is 5.56 Å². The number of carboxylic acids is 1. The highest BCUT2D eigenvalue weighted by Gasteiger charge is 2.23. The maximum atomic E-state index is 12.2. The molecule has 5 heteroatoms. The lowest BCUT2D eigenvalue weighted by atomic mass is 9.94. The molecule has 3 N–H and O–H groups in total. The Kier molecular flexibility index (Phi) is 4.96. The van der Waals surface area contributed by atoms with Crippen LogP contribution in [0.2, 0.25) is 0 Å². The van der Waals surface area contributed by atoms with Crippen LogP contribution in [0.5, 0.6) is 0 Å². The Bertz CT molecular complexity index is 540. The van der Waals surface area contributed by atoms with Crippen LogP contribution in [0, 0.1) is 0 Å². The minimum absolute atomic E-state index is 0.123. The summed E-state index contributed by atoms with van der Waals surface area (Å²) in [6.45, 7) is 3.04. The molecule has 1 amide bonds. The second-order valence-electron chi connectivity index (χ2n) is 5.68. The SMILES string of the molecule is CC(N)CCCC(=O)N1CCc2c(cccc2C(=O)O)C1. The van der Waals surface area contributed by atoms with Crippen molar-refractivity contribution in [1.29, 1.82) is 0 Å². The fraction of sp³-hybridized carbons (Fsp3) is 0.500. The Hall–Kier alpha value is -1.88. The zero-order chi connectivity index (χ0) is 15.4. The maximum Gasteiger partial charge on any atom is 0.335 e. The Morgan fingerprint density at radius 1 is 1.43 bits per heavy atom. The predicted molar refractivity (Wildman–Crippen MR) is 80.0 cm³/mol. The molecule has 0 spiro atoms. The van der Waals surface area contributed by atoms with E-state index in [0.29, 0.717) is 31.5 Å². The third-order valence-electron chi connectivity index (χ3n) is 3.90. The van der Waals surface area contributed by atoms with E-state index >= 15 is 0 Å². The average molecular weight is 290 g/mol. The summed E-state index contributed by atoms with van der Waals surface area (Å²) >= 11 is 0. The van der Waals surface area contributed by atoms with Gasteiger partial charge >= 0.3 is 5.97 Å². The fourth-order valence-corrected chi connectivity index (χ4v) is 2.76. The van der Waals surface area contributed by atoms with Crippen LogP contribution in [0.25, 0.3) is 0 Å². The van der Waals surface area contributed by atoms with Crippen LogP contribution in [0.4, 0.5) is 0 Å². The highest BCUT2D eigenvalue weighted by Crippen LogP contribution is 2.23. The lowest BCUT2D eigenvalue weighted by Crippen LogP contribution is -2.36. The smallest absolute Gasteiger partial charge is 0.335 e. The molecule has 0 aliphatic carbocycles. The van der Waals surface area contributed by atoms with Crippen molar-refractivity contribution in [3.63, 3.8) is 0 Å². The molecular formula is C16H22N2O3. The molecule has 0 radical (unpaired) electrons. The Labute approximate surface area is 124 Å². The first-order valence-corrected chi connectivity index (χ1v) is 7.36. The van der Waals surface area contributed by atoms with E-state index in [1.165, 1.54) is 0 Å². The molecule has 114 valence electrons. The van der Waals surface area contributed by atoms with Crippen LogP contribution < -0.4 is 5.73 Å². The van der Waals surface area contributed by atoms with Crippen molar-refractivity contribution in [2.24, 2.45) is 5.73 Å². The largest absolute Gasteiger partial charge is 0.478 e. The predicted octanol–water partition coefficient (Wildman–Crippen LogP) is 1.79. The van der Waals surface area contributed by atoms with Gasteiger partial charge in [-0.25, -0.2) is 4.79 Å². The molecule has 21 heavy (non-hydrogen) atoms. The number of nitrogens with zero attached hydrogens (tertiary/aromatic N) is 1. The van der Waals surface area contributed by atoms with E-state index in [-0.39, 0.29) is 11.9 Å². The highest BCUT2D eigenvalue weighted by atomic mass is 16.4. The number of fused-ring (bicyclic) bond motifs is 1. The number of hydrogen-bond acceptors (Lipinski definition) is 3. The lowest BCUT2D eigenvalue weighted by molar-refractivity contribution is -0.132. The molecule has 1 aromatic rings. The first kappa shape index (κ1) is 15.5. The third kappa shape index (κ3) is 3.82. The van der Waals surface area contributed by atoms with Gasteiger partial charge in [0, 0.05) is 25.6 Å². The summed E-state index contributed by atoms with van der Waals surface area (Å²) in [6.07, 6.45) is 2.76. The van der Waals surface area contributed by atoms with Gasteiger partial charge < -0.3 is 15.7 Å². The van der Waals surface area contributed by atoms with Crippen molar-refractivity contribution >= 4 is 11.9 Å². The number of rotatable bonds is 5. The van der Waals surface area contributed by atoms with Crippen LogP contribution in [0.15, 0.2) is 18.2 Å². The van der Waals surface area contributed by atoms with E-state index < -0.39 is 5.97 Å². The van der Waals surface area contributed by atoms with E-state index in [4.69, 9.17) is 5.73 Å². The molecule has 1 heterocycles. The van der Waals surface area contributed by atoms with E-state index in [9.17, 15) is 14.7 Å². The van der Waals surface area contributed by atoms with E-state index in [1.54, 1.807) is 12.1 Å². The van der Waals surface area contributed by atoms with Gasteiger partial charge in [-0.2, -0.15) is 0 Å². The normalized spacial score (nSPS) is 15.4. The van der Waals surface area contributed by atoms with Crippen LogP contribution in [-0.2, 0) is 17.8 Å². The Morgan fingerprint density at radius 2 is 2.19 bits per heavy atom. The molecule has 0 saturated heterocycles. The standard InChI is InChI=1S/C16H22N2O3/c1-11(17)4-2-7-15(19)18-9-8-13-12(10-18)5-3-6-14(13)16(20)21/h3,5-6,11H,2,4,7-10,17H2,1H3,(H,20,21). The van der Waals surface area contributed by atoms with Gasteiger partial charge in [0.15, 0.2) is 0 Å². The number of hydrogen-bond donors (Lipinski definition) is 2. The maximum absolute atomic E-state index is 12.2. The van der Waals surface area contributed by atoms with Crippen molar-refractivity contribution in [2.75, 3.05) is 6.54 Å². The summed E-state index contributed by atoms with van der Waals surface area (Å²) in [4.78, 5) is 25.2. The van der Waals surface area contributed by atoms with Gasteiger partial charge in [-0.05, 0) is 43.4 Å². The van der Waals surface area contributed by atoms with Crippen LogP contribution >= 0.6 is 0 Å². The zero-order valence-electron chi connectivity index (χ0n) is 12.3. The second kappa shape index (κ2) is 6.72. The number of nitrogens with two attached hydrogens (primary N) is 1. The molecule has 1 unspecified atom stereocenters. The minimum Gasteiger partial charge on any atom is -0.478 e. The van der Waals surface area contributed by atoms with Crippen molar-refractivity contribution in [3.8, 4) is 0 Å². The van der Waals surface area contributed by atoms with E-state index in [1.807, 2.05) is 17.9 Å². The van der Waals surface area contributed by atoms with E-state index in [0.717, 1.165) is 24.0 Å². The van der Waals surface area contributed by atoms with Gasteiger partial charge in [-0.1, -0.05) is 12.1 Å². The number of carbonyl (C=O) groups excluding carboxylic acids is 1. The lowest BCUT2D eigenvalue weighted by Gasteiger charge is -2.29. The quantitative estimate of drug-likeness (QED) is 0.866. The van der Waals surface area contributed by atoms with Gasteiger partial charge in [0.2, 0.25) is 5.91 Å². The molecule has 1 aliphatic rings. The van der Waals surface area contributed by atoms with Gasteiger partial charge in [0.25, 0.3) is 0 Å². The van der Waals surface area contributed by atoms with Crippen molar-refractivity contribution in [2.45, 2.75) is 45.2 Å². The number of benzene rings is 1. The molecule has 1 atom stereocenters. The molecule has 0 aromatic heterocycles. The summed E-state index contributed by atoms with van der Waals surface area (Å²) in [5.41, 5.74) is 7.85. The van der Waals surface area contributed by atoms with Gasteiger partial charge in [0.1, 0.15) is 0 Å². The monoisotopic (exact) mass is 290 g/mol. The summed E-state index contributed by atoms with van der Waals surface area (Å²) in [5, 5.41) is 9.19. The van der Waals surface area contributed by atoms with E-state index in [2.05, 4.69) is 0 Å². The molecule has 0 fully saturated rings. The van der Waals surface area contributed by atoms with Crippen molar-refractivity contribution < 1.29 is 14.7 Å². The topological polar surface area (TPSA) is 83.6 Å². The minimum atomic E-state index is -0.899. The molecule has 0 saturated carbocycles. The summed E-state index contributed by atoms with van der Waals surface area (Å²) in [6, 6.07) is 5.40. The average Bonchev–Trinajstić information content (AvgIpc) is 2.45. The van der Waals surface area contributed by atoms with Crippen molar-refractivity contribution in [1.82, 2.24) is 4.90 Å². The zero-order valence-corrected chi connectivity index (χ0v) is 12.3. The summed E-state index contributed by atoms with van der Waals surface area (Å²) in [7, 11) is 0. The third-order valence-corrected chi connectivity index (χ3v) is 3.90. The van der Waals surface area contributed by atoms with Gasteiger partial charge in [-0.15, -0.1) is 0 Å². The molecule has 1 aromatic carbocycles. The first-order valence-electron chi connectivity index (χ1n) is 7.36. The Balaban J connectivity index is 2.01. The molecule has 1 aliphatic heterocycles. The van der Waals surface area contributed by atoms with Crippen LogP contribution in [0.3, 0.4) is 0 Å². The molecule has 5 nitrogen and oxygen atoms in total. The number of carbonyl (C=O) groups is 2. The molecule has 2 rings (SSSR count). The fourth-order valence-electron chi connectivity index (χ4n) is 2.76. The van der Waals surface area contributed by atoms with Crippen LogP contribution in [0.1, 0.15) is 47.7 Å². The number of aromatic carboxylic acids is 1. The number of amides is 1. The summed E-state index contributed by atoms with van der Waals surface area (Å²) < 4.78 is 0. The number of carboxylic acid groups (broad SMARTS) is 1. The van der Waals surface area contributed by atoms with Crippen molar-refractivity contribution in [3.05, 3.63) is 34.9 Å². The summed E-state index contributed by atoms with van der Waals surface area (Å²) in [5.74, 6) is -0.773. The molecule has 0 bridgehead atoms. The Morgan fingerprint density at radius 3 is 2.86 bits per heavy atom.